The highest BCUT2D eigenvalue weighted by Gasteiger charge is 2.19. The number of fused-ring (bicyclic) bond motifs is 1. The first-order chi connectivity index (χ1) is 15.9. The smallest absolute Gasteiger partial charge is 0.408 e. The number of hydrogen-bond donors (Lipinski definition) is 1. The van der Waals surface area contributed by atoms with E-state index in [4.69, 9.17) is 4.42 Å². The van der Waals surface area contributed by atoms with E-state index in [0.717, 1.165) is 30.8 Å². The zero-order chi connectivity index (χ0) is 23.4. The minimum atomic E-state index is -0.417. The fourth-order valence-corrected chi connectivity index (χ4v) is 4.78. The number of hydrogen-bond acceptors (Lipinski definition) is 6. The number of thioether (sulfide) groups is 1. The van der Waals surface area contributed by atoms with Crippen LogP contribution in [0.3, 0.4) is 0 Å². The van der Waals surface area contributed by atoms with E-state index in [1.54, 1.807) is 34.9 Å². The summed E-state index contributed by atoms with van der Waals surface area (Å²) in [4.78, 5) is 42.3. The molecule has 8 nitrogen and oxygen atoms in total. The molecule has 1 aliphatic heterocycles. The van der Waals surface area contributed by atoms with Crippen LogP contribution in [0.15, 0.2) is 56.6 Å². The Morgan fingerprint density at radius 2 is 1.88 bits per heavy atom. The van der Waals surface area contributed by atoms with Crippen molar-refractivity contribution in [2.75, 3.05) is 44.8 Å². The molecule has 0 bridgehead atoms. The summed E-state index contributed by atoms with van der Waals surface area (Å²) in [6, 6.07) is 12.4. The van der Waals surface area contributed by atoms with Crippen LogP contribution in [0.1, 0.15) is 23.2 Å². The van der Waals surface area contributed by atoms with E-state index in [0.29, 0.717) is 41.2 Å². The van der Waals surface area contributed by atoms with Crippen LogP contribution in [-0.4, -0.2) is 65.7 Å². The molecule has 0 aliphatic carbocycles. The van der Waals surface area contributed by atoms with Gasteiger partial charge in [0.05, 0.1) is 16.8 Å². The fourth-order valence-electron chi connectivity index (χ4n) is 3.83. The fraction of sp³-hybridized carbons (Fsp3) is 0.375. The Bertz CT molecular complexity index is 1210. The maximum Gasteiger partial charge on any atom is 0.419 e. The van der Waals surface area contributed by atoms with Crippen molar-refractivity contribution in [3.63, 3.8) is 0 Å². The topological polar surface area (TPSA) is 87.8 Å². The van der Waals surface area contributed by atoms with Crippen molar-refractivity contribution in [2.45, 2.75) is 24.3 Å². The summed E-state index contributed by atoms with van der Waals surface area (Å²) in [5.74, 6) is -0.269. The average Bonchev–Trinajstić information content (AvgIpc) is 3.44. The van der Waals surface area contributed by atoms with E-state index in [9.17, 15) is 14.4 Å². The molecule has 33 heavy (non-hydrogen) atoms. The molecule has 0 saturated carbocycles. The number of aromatic nitrogens is 1. The lowest BCUT2D eigenvalue weighted by atomic mass is 10.2. The first kappa shape index (κ1) is 23.1. The average molecular weight is 469 g/mol. The summed E-state index contributed by atoms with van der Waals surface area (Å²) >= 11 is 1.38. The van der Waals surface area contributed by atoms with Gasteiger partial charge >= 0.3 is 5.76 Å². The van der Waals surface area contributed by atoms with Crippen molar-refractivity contribution in [1.29, 1.82) is 0 Å². The van der Waals surface area contributed by atoms with Gasteiger partial charge in [0.2, 0.25) is 5.91 Å². The van der Waals surface area contributed by atoms with Gasteiger partial charge in [-0.15, -0.1) is 11.8 Å². The third-order valence-corrected chi connectivity index (χ3v) is 6.70. The number of nitrogens with one attached hydrogen (secondary N) is 1. The number of carbonyl (C=O) groups is 2. The van der Waals surface area contributed by atoms with E-state index in [-0.39, 0.29) is 11.8 Å². The van der Waals surface area contributed by atoms with Gasteiger partial charge in [0.1, 0.15) is 0 Å². The summed E-state index contributed by atoms with van der Waals surface area (Å²) in [6.07, 6.45) is 2.11. The molecule has 0 atom stereocenters. The maximum atomic E-state index is 13.1. The van der Waals surface area contributed by atoms with Crippen LogP contribution in [0.5, 0.6) is 0 Å². The largest absolute Gasteiger partial charge is 0.419 e. The van der Waals surface area contributed by atoms with Gasteiger partial charge in [0.25, 0.3) is 5.91 Å². The van der Waals surface area contributed by atoms with Crippen LogP contribution < -0.4 is 11.1 Å². The molecule has 0 unspecified atom stereocenters. The molecule has 1 aliphatic rings. The second-order valence-corrected chi connectivity index (χ2v) is 9.35. The van der Waals surface area contributed by atoms with Gasteiger partial charge in [0, 0.05) is 36.8 Å². The highest BCUT2D eigenvalue weighted by molar-refractivity contribution is 8.00. The van der Waals surface area contributed by atoms with Crippen LogP contribution in [0.25, 0.3) is 11.1 Å². The first-order valence-corrected chi connectivity index (χ1v) is 12.0. The maximum absolute atomic E-state index is 13.1. The van der Waals surface area contributed by atoms with Gasteiger partial charge in [-0.2, -0.15) is 0 Å². The Morgan fingerprint density at radius 3 is 2.64 bits per heavy atom. The lowest BCUT2D eigenvalue weighted by Gasteiger charge is -2.15. The Balaban J connectivity index is 1.49. The number of likely N-dealkylation sites (tertiary alicyclic amines) is 1. The van der Waals surface area contributed by atoms with E-state index in [1.165, 1.54) is 11.8 Å². The lowest BCUT2D eigenvalue weighted by Crippen LogP contribution is -2.29. The molecule has 3 aromatic rings. The quantitative estimate of drug-likeness (QED) is 0.511. The van der Waals surface area contributed by atoms with Gasteiger partial charge in [-0.25, -0.2) is 4.79 Å². The summed E-state index contributed by atoms with van der Waals surface area (Å²) in [5.41, 5.74) is 2.19. The first-order valence-electron chi connectivity index (χ1n) is 11.0. The summed E-state index contributed by atoms with van der Waals surface area (Å²) < 4.78 is 6.90. The lowest BCUT2D eigenvalue weighted by molar-refractivity contribution is -0.127. The molecule has 4 rings (SSSR count). The van der Waals surface area contributed by atoms with E-state index >= 15 is 0 Å². The number of likely N-dealkylation sites (N-methyl/N-ethyl adjacent to an activating group) is 1. The van der Waals surface area contributed by atoms with Crippen LogP contribution in [0, 0.1) is 0 Å². The summed E-state index contributed by atoms with van der Waals surface area (Å²) in [6.45, 7) is 2.81. The summed E-state index contributed by atoms with van der Waals surface area (Å²) in [5, 5.41) is 2.92. The van der Waals surface area contributed by atoms with E-state index in [1.807, 2.05) is 36.0 Å². The van der Waals surface area contributed by atoms with Crippen molar-refractivity contribution in [3.8, 4) is 0 Å². The molecule has 2 heterocycles. The molecule has 9 heteroatoms. The molecule has 1 aromatic heterocycles. The highest BCUT2D eigenvalue weighted by Crippen LogP contribution is 2.25. The van der Waals surface area contributed by atoms with E-state index in [2.05, 4.69) is 5.32 Å². The monoisotopic (exact) mass is 468 g/mol. The summed E-state index contributed by atoms with van der Waals surface area (Å²) in [7, 11) is 3.88. The van der Waals surface area contributed by atoms with E-state index < -0.39 is 5.76 Å². The Kier molecular flexibility index (Phi) is 7.20. The number of oxazole rings is 1. The number of benzene rings is 2. The number of nitrogens with zero attached hydrogens (tertiary/aromatic N) is 3. The third-order valence-electron chi connectivity index (χ3n) is 5.64. The standard InChI is InChI=1S/C24H28N4O4S/c1-26(2)13-14-28-19-15-17(9-10-20(19)32-24(28)31)25-23(30)18-7-3-4-8-21(18)33-16-22(29)27-11-5-6-12-27/h3-4,7-10,15H,5-6,11-14,16H2,1-2H3,(H,25,30). The van der Waals surface area contributed by atoms with Gasteiger partial charge < -0.3 is 19.5 Å². The van der Waals surface area contributed by atoms with Crippen molar-refractivity contribution >= 4 is 40.4 Å². The molecule has 174 valence electrons. The second-order valence-electron chi connectivity index (χ2n) is 8.33. The number of carbonyl (C=O) groups excluding carboxylic acids is 2. The molecular weight excluding hydrogens is 440 g/mol. The Labute approximate surface area is 196 Å². The highest BCUT2D eigenvalue weighted by atomic mass is 32.2. The van der Waals surface area contributed by atoms with Crippen molar-refractivity contribution in [3.05, 3.63) is 58.6 Å². The minimum Gasteiger partial charge on any atom is -0.408 e. The number of rotatable bonds is 8. The SMILES string of the molecule is CN(C)CCn1c(=O)oc2ccc(NC(=O)c3ccccc3SCC(=O)N3CCCC3)cc21. The molecule has 2 aromatic carbocycles. The third kappa shape index (κ3) is 5.48. The molecule has 0 spiro atoms. The number of amides is 2. The van der Waals surface area contributed by atoms with Crippen LogP contribution in [0.2, 0.25) is 0 Å². The molecule has 0 radical (unpaired) electrons. The molecule has 2 amide bonds. The van der Waals surface area contributed by atoms with Crippen LogP contribution in [0.4, 0.5) is 5.69 Å². The Morgan fingerprint density at radius 1 is 1.12 bits per heavy atom. The van der Waals surface area contributed by atoms with Crippen molar-refractivity contribution < 1.29 is 14.0 Å². The zero-order valence-electron chi connectivity index (χ0n) is 18.9. The predicted octanol–water partition coefficient (Wildman–Crippen LogP) is 3.12. The zero-order valence-corrected chi connectivity index (χ0v) is 19.7. The van der Waals surface area contributed by atoms with Gasteiger partial charge in [0.15, 0.2) is 5.58 Å². The molecular formula is C24H28N4O4S. The van der Waals surface area contributed by atoms with Gasteiger partial charge in [-0.3, -0.25) is 14.2 Å². The Hall–Kier alpha value is -3.04. The second kappa shape index (κ2) is 10.3. The number of anilines is 1. The molecule has 1 N–H and O–H groups in total. The normalized spacial score (nSPS) is 13.7. The predicted molar refractivity (Wildman–Crippen MR) is 130 cm³/mol. The minimum absolute atomic E-state index is 0.105. The van der Waals surface area contributed by atoms with Gasteiger partial charge in [-0.05, 0) is 57.3 Å². The van der Waals surface area contributed by atoms with Crippen LogP contribution >= 0.6 is 11.8 Å². The van der Waals surface area contributed by atoms with Crippen LogP contribution in [-0.2, 0) is 11.3 Å². The van der Waals surface area contributed by atoms with Crippen molar-refractivity contribution in [2.24, 2.45) is 0 Å². The molecule has 1 fully saturated rings. The van der Waals surface area contributed by atoms with Gasteiger partial charge in [-0.1, -0.05) is 12.1 Å². The van der Waals surface area contributed by atoms with Crippen molar-refractivity contribution in [1.82, 2.24) is 14.4 Å². The molecule has 1 saturated heterocycles.